The molecule has 0 saturated heterocycles. The fraction of sp³-hybridized carbons (Fsp3) is 0.111. The lowest BCUT2D eigenvalue weighted by Crippen LogP contribution is -2.08. The molecule has 0 fully saturated rings. The Balaban J connectivity index is 3.31. The Morgan fingerprint density at radius 3 is 2.07 bits per heavy atom. The number of esters is 1. The minimum absolute atomic E-state index is 0.212. The standard InChI is InChI=1S/C9H6I2O4/c1-15-9(14)4-2-5(10)7(8(12)13)6(11)3-4/h2-3H,1H3,(H,12,13). The van der Waals surface area contributed by atoms with Crippen LogP contribution in [-0.2, 0) is 4.74 Å². The molecule has 0 heterocycles. The van der Waals surface area contributed by atoms with Gasteiger partial charge in [0.15, 0.2) is 0 Å². The number of benzene rings is 1. The number of carboxylic acids is 1. The van der Waals surface area contributed by atoms with Crippen molar-refractivity contribution in [3.8, 4) is 0 Å². The quantitative estimate of drug-likeness (QED) is 0.577. The van der Waals surface area contributed by atoms with Crippen LogP contribution < -0.4 is 0 Å². The number of carboxylic acid groups (broad SMARTS) is 1. The molecule has 1 N–H and O–H groups in total. The first-order valence-corrected chi connectivity index (χ1v) is 5.93. The molecular formula is C9H6I2O4. The molecule has 0 spiro atoms. The summed E-state index contributed by atoms with van der Waals surface area (Å²) in [6.07, 6.45) is 0. The Labute approximate surface area is 113 Å². The highest BCUT2D eigenvalue weighted by Gasteiger charge is 2.16. The summed E-state index contributed by atoms with van der Waals surface area (Å²) in [4.78, 5) is 22.1. The Kier molecular flexibility index (Phi) is 4.32. The van der Waals surface area contributed by atoms with Crippen LogP contribution in [0.3, 0.4) is 0 Å². The highest BCUT2D eigenvalue weighted by atomic mass is 127. The first kappa shape index (κ1) is 12.7. The monoisotopic (exact) mass is 432 g/mol. The molecule has 15 heavy (non-hydrogen) atoms. The first-order valence-electron chi connectivity index (χ1n) is 3.78. The minimum Gasteiger partial charge on any atom is -0.478 e. The zero-order chi connectivity index (χ0) is 11.6. The van der Waals surface area contributed by atoms with Crippen molar-refractivity contribution in [2.75, 3.05) is 7.11 Å². The molecule has 1 aromatic carbocycles. The van der Waals surface area contributed by atoms with Gasteiger partial charge in [-0.15, -0.1) is 0 Å². The molecular weight excluding hydrogens is 426 g/mol. The van der Waals surface area contributed by atoms with Gasteiger partial charge in [-0.2, -0.15) is 0 Å². The number of halogens is 2. The van der Waals surface area contributed by atoms with Gasteiger partial charge in [0.05, 0.1) is 18.2 Å². The van der Waals surface area contributed by atoms with Crippen LogP contribution in [0.5, 0.6) is 0 Å². The third-order valence-electron chi connectivity index (χ3n) is 1.68. The highest BCUT2D eigenvalue weighted by molar-refractivity contribution is 14.1. The van der Waals surface area contributed by atoms with E-state index in [1.807, 2.05) is 45.2 Å². The molecule has 0 aliphatic heterocycles. The van der Waals surface area contributed by atoms with Crippen LogP contribution in [0.4, 0.5) is 0 Å². The number of hydrogen-bond donors (Lipinski definition) is 1. The molecule has 4 nitrogen and oxygen atoms in total. The van der Waals surface area contributed by atoms with E-state index >= 15 is 0 Å². The van der Waals surface area contributed by atoms with E-state index in [-0.39, 0.29) is 5.56 Å². The summed E-state index contributed by atoms with van der Waals surface area (Å²) in [7, 11) is 1.28. The molecule has 0 aliphatic rings. The Hall–Kier alpha value is -0.380. The maximum atomic E-state index is 11.2. The number of methoxy groups -OCH3 is 1. The van der Waals surface area contributed by atoms with Gasteiger partial charge in [-0.25, -0.2) is 9.59 Å². The van der Waals surface area contributed by atoms with E-state index in [0.29, 0.717) is 12.7 Å². The maximum Gasteiger partial charge on any atom is 0.337 e. The van der Waals surface area contributed by atoms with Gasteiger partial charge < -0.3 is 9.84 Å². The molecule has 80 valence electrons. The lowest BCUT2D eigenvalue weighted by atomic mass is 10.1. The van der Waals surface area contributed by atoms with E-state index in [4.69, 9.17) is 5.11 Å². The van der Waals surface area contributed by atoms with E-state index in [0.717, 1.165) is 0 Å². The average molecular weight is 432 g/mol. The van der Waals surface area contributed by atoms with Crippen LogP contribution in [0.1, 0.15) is 20.7 Å². The molecule has 0 amide bonds. The van der Waals surface area contributed by atoms with Crippen molar-refractivity contribution >= 4 is 57.1 Å². The van der Waals surface area contributed by atoms with Crippen molar-refractivity contribution in [1.82, 2.24) is 0 Å². The second-order valence-electron chi connectivity index (χ2n) is 2.61. The third-order valence-corrected chi connectivity index (χ3v) is 3.38. The lowest BCUT2D eigenvalue weighted by molar-refractivity contribution is 0.0598. The first-order chi connectivity index (χ1) is 6.97. The summed E-state index contributed by atoms with van der Waals surface area (Å²) in [5.74, 6) is -1.47. The number of carbonyl (C=O) groups excluding carboxylic acids is 1. The minimum atomic E-state index is -1.000. The van der Waals surface area contributed by atoms with Gasteiger partial charge in [0.25, 0.3) is 0 Å². The summed E-state index contributed by atoms with van der Waals surface area (Å²) in [6.45, 7) is 0. The van der Waals surface area contributed by atoms with E-state index in [1.165, 1.54) is 19.2 Å². The van der Waals surface area contributed by atoms with Crippen molar-refractivity contribution in [1.29, 1.82) is 0 Å². The van der Waals surface area contributed by atoms with Crippen LogP contribution in [0, 0.1) is 7.14 Å². The molecule has 0 radical (unpaired) electrons. The van der Waals surface area contributed by atoms with Crippen LogP contribution >= 0.6 is 45.2 Å². The van der Waals surface area contributed by atoms with E-state index in [9.17, 15) is 9.59 Å². The Morgan fingerprint density at radius 1 is 1.27 bits per heavy atom. The fourth-order valence-electron chi connectivity index (χ4n) is 1.01. The van der Waals surface area contributed by atoms with Gasteiger partial charge in [0.1, 0.15) is 0 Å². The number of ether oxygens (including phenoxy) is 1. The molecule has 0 bridgehead atoms. The van der Waals surface area contributed by atoms with Gasteiger partial charge in [-0.3, -0.25) is 0 Å². The van der Waals surface area contributed by atoms with Gasteiger partial charge >= 0.3 is 11.9 Å². The Bertz CT molecular complexity index is 405. The summed E-state index contributed by atoms with van der Waals surface area (Å²) in [5, 5.41) is 8.91. The molecule has 1 rings (SSSR count). The average Bonchev–Trinajstić information content (AvgIpc) is 2.14. The zero-order valence-electron chi connectivity index (χ0n) is 7.58. The van der Waals surface area contributed by atoms with Crippen molar-refractivity contribution in [3.05, 3.63) is 30.4 Å². The normalized spacial score (nSPS) is 9.80. The summed E-state index contributed by atoms with van der Waals surface area (Å²) in [6, 6.07) is 3.00. The third kappa shape index (κ3) is 2.80. The lowest BCUT2D eigenvalue weighted by Gasteiger charge is -2.05. The SMILES string of the molecule is COC(=O)c1cc(I)c(C(=O)O)c(I)c1. The van der Waals surface area contributed by atoms with Gasteiger partial charge in [-0.1, -0.05) is 0 Å². The molecule has 0 atom stereocenters. The predicted molar refractivity (Wildman–Crippen MR) is 70.2 cm³/mol. The van der Waals surface area contributed by atoms with Crippen molar-refractivity contribution in [2.45, 2.75) is 0 Å². The largest absolute Gasteiger partial charge is 0.478 e. The fourth-order valence-corrected chi connectivity index (χ4v) is 3.24. The Morgan fingerprint density at radius 2 is 1.73 bits per heavy atom. The zero-order valence-corrected chi connectivity index (χ0v) is 11.9. The van der Waals surface area contributed by atoms with Crippen LogP contribution in [0.15, 0.2) is 12.1 Å². The highest BCUT2D eigenvalue weighted by Crippen LogP contribution is 2.22. The maximum absolute atomic E-state index is 11.2. The van der Waals surface area contributed by atoms with Crippen LogP contribution in [0.25, 0.3) is 0 Å². The second kappa shape index (κ2) is 5.10. The molecule has 0 aliphatic carbocycles. The summed E-state index contributed by atoms with van der Waals surface area (Å²) in [5.41, 5.74) is 0.570. The van der Waals surface area contributed by atoms with Gasteiger partial charge in [0.2, 0.25) is 0 Å². The van der Waals surface area contributed by atoms with E-state index in [2.05, 4.69) is 4.74 Å². The van der Waals surface area contributed by atoms with Gasteiger partial charge in [0, 0.05) is 7.14 Å². The number of hydrogen-bond acceptors (Lipinski definition) is 3. The van der Waals surface area contributed by atoms with Crippen molar-refractivity contribution < 1.29 is 19.4 Å². The topological polar surface area (TPSA) is 63.6 Å². The smallest absolute Gasteiger partial charge is 0.337 e. The predicted octanol–water partition coefficient (Wildman–Crippen LogP) is 2.38. The van der Waals surface area contributed by atoms with Gasteiger partial charge in [-0.05, 0) is 57.3 Å². The van der Waals surface area contributed by atoms with Crippen LogP contribution in [0.2, 0.25) is 0 Å². The van der Waals surface area contributed by atoms with Crippen molar-refractivity contribution in [3.63, 3.8) is 0 Å². The molecule has 6 heteroatoms. The van der Waals surface area contributed by atoms with E-state index in [1.54, 1.807) is 0 Å². The molecule has 0 aromatic heterocycles. The molecule has 1 aromatic rings. The van der Waals surface area contributed by atoms with Crippen LogP contribution in [-0.4, -0.2) is 24.2 Å². The number of carbonyl (C=O) groups is 2. The number of rotatable bonds is 2. The van der Waals surface area contributed by atoms with E-state index < -0.39 is 11.9 Å². The summed E-state index contributed by atoms with van der Waals surface area (Å²) < 4.78 is 5.60. The van der Waals surface area contributed by atoms with Crippen molar-refractivity contribution in [2.24, 2.45) is 0 Å². The number of aromatic carboxylic acids is 1. The molecule has 0 saturated carbocycles. The molecule has 0 unspecified atom stereocenters. The second-order valence-corrected chi connectivity index (χ2v) is 4.94. The summed E-state index contributed by atoms with van der Waals surface area (Å²) >= 11 is 3.77.